The van der Waals surface area contributed by atoms with E-state index in [0.717, 1.165) is 11.9 Å². The standard InChI is InChI=1S/C6H13OS.Li/c1-6(2)4-8-5-7-3;/h6H,1,4-5H2,2-3H3;. The summed E-state index contributed by atoms with van der Waals surface area (Å²) in [5.74, 6) is 2.90. The van der Waals surface area contributed by atoms with E-state index in [9.17, 15) is 0 Å². The first-order chi connectivity index (χ1) is 4.31. The van der Waals surface area contributed by atoms with Crippen LogP contribution >= 0.6 is 11.8 Å². The van der Waals surface area contributed by atoms with Crippen molar-refractivity contribution in [3.63, 3.8) is 0 Å². The van der Waals surface area contributed by atoms with E-state index in [1.165, 1.54) is 10.8 Å². The summed E-state index contributed by atoms with van der Waals surface area (Å²) in [7, 11) is 1.74. The van der Waals surface area contributed by atoms with Crippen LogP contribution in [0.1, 0.15) is 6.92 Å². The van der Waals surface area contributed by atoms with Gasteiger partial charge in [0.05, 0.1) is 0 Å². The topological polar surface area (TPSA) is 9.23 Å². The van der Waals surface area contributed by atoms with E-state index in [1.807, 2.05) is 11.8 Å². The normalized spacial score (nSPS) is 13.8. The molecule has 9 heavy (non-hydrogen) atoms. The van der Waals surface area contributed by atoms with Crippen LogP contribution in [0.5, 0.6) is 0 Å². The molecule has 0 N–H and O–H groups in total. The molecule has 3 heteroatoms. The van der Waals surface area contributed by atoms with Crippen molar-refractivity contribution < 1.29 is 4.74 Å². The van der Waals surface area contributed by atoms with Gasteiger partial charge in [-0.1, -0.05) is 0 Å². The summed E-state index contributed by atoms with van der Waals surface area (Å²) in [6, 6.07) is 0. The van der Waals surface area contributed by atoms with Crippen molar-refractivity contribution >= 4 is 29.5 Å². The van der Waals surface area contributed by atoms with Crippen molar-refractivity contribution in [1.29, 1.82) is 0 Å². The molecule has 0 aromatic heterocycles. The van der Waals surface area contributed by atoms with E-state index in [2.05, 4.69) is 24.6 Å². The Morgan fingerprint density at radius 2 is 2.33 bits per heavy atom. The summed E-state index contributed by atoms with van der Waals surface area (Å²) in [6.45, 7) is 2.27. The van der Waals surface area contributed by atoms with Gasteiger partial charge in [0.2, 0.25) is 0 Å². The first-order valence-electron chi connectivity index (χ1n) is 3.38. The molecule has 0 aromatic rings. The van der Waals surface area contributed by atoms with Gasteiger partial charge in [-0.25, -0.2) is 0 Å². The van der Waals surface area contributed by atoms with Crippen molar-refractivity contribution in [2.45, 2.75) is 12.0 Å². The van der Waals surface area contributed by atoms with Crippen LogP contribution in [0.2, 0.25) is 5.09 Å². The maximum absolute atomic E-state index is 4.90. The molecule has 0 spiro atoms. The molecule has 0 aliphatic rings. The van der Waals surface area contributed by atoms with E-state index in [-0.39, 0.29) is 0 Å². The molecule has 0 bridgehead atoms. The zero-order valence-electron chi connectivity index (χ0n) is 6.52. The molecule has 0 saturated carbocycles. The second kappa shape index (κ2) is 7.02. The number of hydrogen-bond acceptors (Lipinski definition) is 2. The van der Waals surface area contributed by atoms with Crippen LogP contribution in [-0.4, -0.2) is 36.5 Å². The molecule has 50 valence electrons. The Morgan fingerprint density at radius 1 is 1.67 bits per heavy atom. The summed E-state index contributed by atoms with van der Waals surface area (Å²) in [5.41, 5.74) is 0. The van der Waals surface area contributed by atoms with Gasteiger partial charge in [0.15, 0.2) is 0 Å². The molecule has 0 radical (unpaired) electrons. The Balaban J connectivity index is 2.88. The van der Waals surface area contributed by atoms with Crippen LogP contribution in [-0.2, 0) is 4.74 Å². The SMILES string of the molecule is [Li][CH2]C(C)CSCOC. The number of methoxy groups -OCH3 is 1. The fourth-order valence-electron chi connectivity index (χ4n) is 0.450. The third-order valence-corrected chi connectivity index (χ3v) is 2.51. The molecular weight excluding hydrogens is 127 g/mol. The number of rotatable bonds is 5. The Morgan fingerprint density at radius 3 is 2.78 bits per heavy atom. The van der Waals surface area contributed by atoms with E-state index >= 15 is 0 Å². The minimum atomic E-state index is 0.838. The molecule has 0 aliphatic heterocycles. The number of thioether (sulfide) groups is 1. The van der Waals surface area contributed by atoms with Crippen LogP contribution in [0.3, 0.4) is 0 Å². The molecule has 0 saturated heterocycles. The molecule has 0 aliphatic carbocycles. The van der Waals surface area contributed by atoms with Crippen molar-refractivity contribution in [3.8, 4) is 0 Å². The zero-order valence-corrected chi connectivity index (χ0v) is 7.33. The van der Waals surface area contributed by atoms with Gasteiger partial charge >= 0.3 is 71.0 Å². The molecule has 1 nitrogen and oxygen atoms in total. The van der Waals surface area contributed by atoms with Crippen LogP contribution < -0.4 is 0 Å². The van der Waals surface area contributed by atoms with Crippen LogP contribution in [0.4, 0.5) is 0 Å². The first-order valence-corrected chi connectivity index (χ1v) is 4.53. The van der Waals surface area contributed by atoms with E-state index in [1.54, 1.807) is 7.11 Å². The molecule has 1 unspecified atom stereocenters. The summed E-state index contributed by atoms with van der Waals surface area (Å²) in [4.78, 5) is 0. The minimum absolute atomic E-state index is 0.838. The maximum atomic E-state index is 4.90. The number of hydrogen-bond donors (Lipinski definition) is 0. The quantitative estimate of drug-likeness (QED) is 0.325. The zero-order chi connectivity index (χ0) is 7.11. The summed E-state index contributed by atoms with van der Waals surface area (Å²) >= 11 is 4.08. The molecule has 0 fully saturated rings. The van der Waals surface area contributed by atoms with Gasteiger partial charge in [0, 0.05) is 0 Å². The fraction of sp³-hybridized carbons (Fsp3) is 1.00. The summed E-state index contributed by atoms with van der Waals surface area (Å²) in [6.07, 6.45) is 0. The molecule has 0 rings (SSSR count). The van der Waals surface area contributed by atoms with Crippen LogP contribution in [0, 0.1) is 5.92 Å². The first kappa shape index (κ1) is 9.91. The van der Waals surface area contributed by atoms with Crippen molar-refractivity contribution in [2.75, 3.05) is 18.8 Å². The van der Waals surface area contributed by atoms with Crippen LogP contribution in [0.25, 0.3) is 0 Å². The van der Waals surface area contributed by atoms with Crippen molar-refractivity contribution in [1.82, 2.24) is 0 Å². The fourth-order valence-corrected chi connectivity index (χ4v) is 1.35. The van der Waals surface area contributed by atoms with E-state index in [4.69, 9.17) is 4.74 Å². The molecule has 0 aromatic carbocycles. The van der Waals surface area contributed by atoms with Gasteiger partial charge in [0.1, 0.15) is 0 Å². The Hall–Kier alpha value is 0.907. The second-order valence-corrected chi connectivity index (χ2v) is 3.27. The monoisotopic (exact) mass is 140 g/mol. The predicted molar refractivity (Wildman–Crippen MR) is 44.1 cm³/mol. The molecule has 0 amide bonds. The average Bonchev–Trinajstić information content (AvgIpc) is 1.89. The van der Waals surface area contributed by atoms with Gasteiger partial charge in [-0.15, -0.1) is 0 Å². The molecular formula is C6H13LiOS. The summed E-state index contributed by atoms with van der Waals surface area (Å²) < 4.78 is 4.90. The van der Waals surface area contributed by atoms with Crippen LogP contribution in [0.15, 0.2) is 0 Å². The van der Waals surface area contributed by atoms with E-state index in [0.29, 0.717) is 0 Å². The average molecular weight is 140 g/mol. The summed E-state index contributed by atoms with van der Waals surface area (Å²) in [5, 5.41) is 1.27. The van der Waals surface area contributed by atoms with Gasteiger partial charge in [0.25, 0.3) is 0 Å². The third kappa shape index (κ3) is 6.80. The van der Waals surface area contributed by atoms with Crippen molar-refractivity contribution in [2.24, 2.45) is 5.92 Å². The molecule has 0 heterocycles. The third-order valence-electron chi connectivity index (χ3n) is 1.30. The van der Waals surface area contributed by atoms with E-state index < -0.39 is 0 Å². The van der Waals surface area contributed by atoms with Gasteiger partial charge in [-0.05, 0) is 0 Å². The Kier molecular flexibility index (Phi) is 7.73. The number of ether oxygens (including phenoxy) is 1. The Labute approximate surface area is 71.1 Å². The van der Waals surface area contributed by atoms with Gasteiger partial charge in [-0.3, -0.25) is 0 Å². The Bertz CT molecular complexity index is 61.0. The molecule has 1 atom stereocenters. The van der Waals surface area contributed by atoms with Crippen molar-refractivity contribution in [3.05, 3.63) is 0 Å². The van der Waals surface area contributed by atoms with Gasteiger partial charge < -0.3 is 0 Å². The predicted octanol–water partition coefficient (Wildman–Crippen LogP) is 1.55. The van der Waals surface area contributed by atoms with Gasteiger partial charge in [-0.2, -0.15) is 0 Å². The second-order valence-electron chi connectivity index (χ2n) is 2.29.